The Labute approximate surface area is 292 Å². The Balaban J connectivity index is 1.21. The Morgan fingerprint density at radius 3 is 1.54 bits per heavy atom. The summed E-state index contributed by atoms with van der Waals surface area (Å²) in [5.41, 5.74) is 12.2. The highest BCUT2D eigenvalue weighted by Gasteiger charge is 2.18. The molecule has 50 heavy (non-hydrogen) atoms. The molecule has 0 aliphatic carbocycles. The van der Waals surface area contributed by atoms with Gasteiger partial charge in [-0.05, 0) is 105 Å². The lowest BCUT2D eigenvalue weighted by Crippen LogP contribution is -2.10. The van der Waals surface area contributed by atoms with Crippen LogP contribution in [0.25, 0.3) is 66.4 Å². The van der Waals surface area contributed by atoms with Crippen molar-refractivity contribution in [1.82, 2.24) is 0 Å². The Morgan fingerprint density at radius 1 is 0.280 bits per heavy atom. The fourth-order valence-electron chi connectivity index (χ4n) is 6.88. The van der Waals surface area contributed by atoms with Crippen LogP contribution in [0.3, 0.4) is 0 Å². The van der Waals surface area contributed by atoms with Crippen LogP contribution in [0.2, 0.25) is 0 Å². The van der Waals surface area contributed by atoms with Gasteiger partial charge < -0.3 is 9.32 Å². The van der Waals surface area contributed by atoms with Crippen molar-refractivity contribution in [3.63, 3.8) is 0 Å². The first kappa shape index (κ1) is 29.5. The van der Waals surface area contributed by atoms with Crippen molar-refractivity contribution in [3.05, 3.63) is 200 Å². The zero-order chi connectivity index (χ0) is 33.3. The number of fused-ring (bicyclic) bond motifs is 2. The van der Waals surface area contributed by atoms with Gasteiger partial charge in [0.15, 0.2) is 0 Å². The van der Waals surface area contributed by atoms with Gasteiger partial charge in [-0.3, -0.25) is 0 Å². The molecule has 0 bridgehead atoms. The maximum Gasteiger partial charge on any atom is 0.135 e. The highest BCUT2D eigenvalue weighted by molar-refractivity contribution is 5.90. The Bertz CT molecular complexity index is 2490. The molecule has 9 rings (SSSR count). The zero-order valence-corrected chi connectivity index (χ0v) is 27.4. The van der Waals surface area contributed by atoms with Gasteiger partial charge in [-0.15, -0.1) is 0 Å². The van der Waals surface area contributed by atoms with E-state index in [-0.39, 0.29) is 0 Å². The molecule has 2 heteroatoms. The Kier molecular flexibility index (Phi) is 7.53. The van der Waals surface area contributed by atoms with Gasteiger partial charge in [0.2, 0.25) is 0 Å². The van der Waals surface area contributed by atoms with Crippen LogP contribution in [0.15, 0.2) is 205 Å². The van der Waals surface area contributed by atoms with Crippen LogP contribution in [0, 0.1) is 0 Å². The first-order valence-corrected chi connectivity index (χ1v) is 17.0. The van der Waals surface area contributed by atoms with Crippen LogP contribution in [0.4, 0.5) is 17.1 Å². The molecule has 0 saturated carbocycles. The van der Waals surface area contributed by atoms with Crippen molar-refractivity contribution in [1.29, 1.82) is 0 Å². The van der Waals surface area contributed by atoms with Crippen LogP contribution in [-0.4, -0.2) is 0 Å². The summed E-state index contributed by atoms with van der Waals surface area (Å²) in [6.07, 6.45) is 0. The van der Waals surface area contributed by atoms with Crippen molar-refractivity contribution in [3.8, 4) is 44.7 Å². The topological polar surface area (TPSA) is 16.4 Å². The van der Waals surface area contributed by atoms with E-state index in [2.05, 4.69) is 187 Å². The fourth-order valence-corrected chi connectivity index (χ4v) is 6.88. The third-order valence-electron chi connectivity index (χ3n) is 9.41. The minimum atomic E-state index is 0.850. The lowest BCUT2D eigenvalue weighted by Gasteiger charge is -2.27. The van der Waals surface area contributed by atoms with Gasteiger partial charge in [0.25, 0.3) is 0 Å². The van der Waals surface area contributed by atoms with E-state index in [0.29, 0.717) is 0 Å². The second kappa shape index (κ2) is 12.8. The van der Waals surface area contributed by atoms with E-state index in [9.17, 15) is 0 Å². The predicted octanol–water partition coefficient (Wildman–Crippen LogP) is 13.7. The molecule has 8 aromatic carbocycles. The molecule has 236 valence electrons. The summed E-state index contributed by atoms with van der Waals surface area (Å²) in [6.45, 7) is 0. The number of furan rings is 1. The lowest BCUT2D eigenvalue weighted by molar-refractivity contribution is 0.631. The monoisotopic (exact) mass is 639 g/mol. The molecule has 0 unspecified atom stereocenters. The molecule has 0 atom stereocenters. The number of hydrogen-bond donors (Lipinski definition) is 0. The van der Waals surface area contributed by atoms with Gasteiger partial charge in [-0.25, -0.2) is 0 Å². The quantitative estimate of drug-likeness (QED) is 0.173. The standard InChI is InChI=1S/C48H33NO/c1-3-12-34(13-4-1)42-29-43(35-14-5-2-6-15-35)32-46(31-42)49(45-20-11-19-40(30-45)48-33-41-18-9-10-21-47(41)50-48)44-26-24-37(25-27-44)39-23-22-36-16-7-8-17-38(36)28-39/h1-33H. The summed E-state index contributed by atoms with van der Waals surface area (Å²) < 4.78 is 6.33. The summed E-state index contributed by atoms with van der Waals surface area (Å²) in [5, 5.41) is 3.58. The minimum absolute atomic E-state index is 0.850. The van der Waals surface area contributed by atoms with E-state index in [1.807, 2.05) is 18.2 Å². The molecule has 9 aromatic rings. The largest absolute Gasteiger partial charge is 0.456 e. The second-order valence-electron chi connectivity index (χ2n) is 12.6. The maximum absolute atomic E-state index is 6.33. The molecule has 0 aliphatic rings. The van der Waals surface area contributed by atoms with Gasteiger partial charge in [-0.1, -0.05) is 140 Å². The molecule has 1 heterocycles. The lowest BCUT2D eigenvalue weighted by atomic mass is 9.97. The SMILES string of the molecule is c1ccc(-c2cc(-c3ccccc3)cc(N(c3ccc(-c4ccc5ccccc5c4)cc3)c3cccc(-c4cc5ccccc5o4)c3)c2)cc1. The van der Waals surface area contributed by atoms with Crippen LogP contribution in [0.5, 0.6) is 0 Å². The van der Waals surface area contributed by atoms with Crippen molar-refractivity contribution in [2.45, 2.75) is 0 Å². The first-order chi connectivity index (χ1) is 24.7. The van der Waals surface area contributed by atoms with Crippen LogP contribution < -0.4 is 4.90 Å². The summed E-state index contributed by atoms with van der Waals surface area (Å²) >= 11 is 0. The third kappa shape index (κ3) is 5.74. The van der Waals surface area contributed by atoms with E-state index < -0.39 is 0 Å². The van der Waals surface area contributed by atoms with E-state index >= 15 is 0 Å². The summed E-state index contributed by atoms with van der Waals surface area (Å²) in [6, 6.07) is 71.2. The van der Waals surface area contributed by atoms with E-state index in [1.165, 1.54) is 33.0 Å². The molecule has 0 spiro atoms. The van der Waals surface area contributed by atoms with Crippen molar-refractivity contribution in [2.75, 3.05) is 4.90 Å². The number of anilines is 3. The minimum Gasteiger partial charge on any atom is -0.456 e. The molecule has 0 radical (unpaired) electrons. The summed E-state index contributed by atoms with van der Waals surface area (Å²) in [5.74, 6) is 0.850. The van der Waals surface area contributed by atoms with Crippen molar-refractivity contribution >= 4 is 38.8 Å². The second-order valence-corrected chi connectivity index (χ2v) is 12.6. The molecule has 0 saturated heterocycles. The number of rotatable bonds is 7. The average molecular weight is 640 g/mol. The number of para-hydroxylation sites is 1. The number of benzene rings is 8. The van der Waals surface area contributed by atoms with Gasteiger partial charge >= 0.3 is 0 Å². The molecule has 0 aliphatic heterocycles. The van der Waals surface area contributed by atoms with Gasteiger partial charge in [0.05, 0.1) is 0 Å². The van der Waals surface area contributed by atoms with Gasteiger partial charge in [-0.2, -0.15) is 0 Å². The first-order valence-electron chi connectivity index (χ1n) is 17.0. The van der Waals surface area contributed by atoms with E-state index in [1.54, 1.807) is 0 Å². The van der Waals surface area contributed by atoms with E-state index in [0.717, 1.165) is 50.5 Å². The molecule has 2 nitrogen and oxygen atoms in total. The number of hydrogen-bond acceptors (Lipinski definition) is 2. The fraction of sp³-hybridized carbons (Fsp3) is 0. The summed E-state index contributed by atoms with van der Waals surface area (Å²) in [4.78, 5) is 2.36. The molecule has 1 aromatic heterocycles. The molecule has 0 fully saturated rings. The Morgan fingerprint density at radius 2 is 0.840 bits per heavy atom. The highest BCUT2D eigenvalue weighted by Crippen LogP contribution is 2.42. The maximum atomic E-state index is 6.33. The van der Waals surface area contributed by atoms with E-state index in [4.69, 9.17) is 4.42 Å². The predicted molar refractivity (Wildman–Crippen MR) is 210 cm³/mol. The van der Waals surface area contributed by atoms with Crippen LogP contribution in [-0.2, 0) is 0 Å². The van der Waals surface area contributed by atoms with Gasteiger partial charge in [0, 0.05) is 28.0 Å². The van der Waals surface area contributed by atoms with Crippen molar-refractivity contribution < 1.29 is 4.42 Å². The zero-order valence-electron chi connectivity index (χ0n) is 27.4. The molecular formula is C48H33NO. The number of nitrogens with zero attached hydrogens (tertiary/aromatic N) is 1. The molecule has 0 N–H and O–H groups in total. The van der Waals surface area contributed by atoms with Gasteiger partial charge in [0.1, 0.15) is 11.3 Å². The molecule has 0 amide bonds. The highest BCUT2D eigenvalue weighted by atomic mass is 16.3. The molecular weight excluding hydrogens is 607 g/mol. The van der Waals surface area contributed by atoms with Crippen molar-refractivity contribution in [2.24, 2.45) is 0 Å². The smallest absolute Gasteiger partial charge is 0.135 e. The van der Waals surface area contributed by atoms with Crippen LogP contribution >= 0.6 is 0 Å². The third-order valence-corrected chi connectivity index (χ3v) is 9.41. The van der Waals surface area contributed by atoms with Crippen LogP contribution in [0.1, 0.15) is 0 Å². The summed E-state index contributed by atoms with van der Waals surface area (Å²) in [7, 11) is 0. The Hall–Kier alpha value is -6.64. The average Bonchev–Trinajstić information content (AvgIpc) is 3.64. The normalized spacial score (nSPS) is 11.2.